The van der Waals surface area contributed by atoms with Crippen LogP contribution in [0.1, 0.15) is 47.9 Å². The summed E-state index contributed by atoms with van der Waals surface area (Å²) in [5, 5.41) is 11.5. The topological polar surface area (TPSA) is 161 Å². The highest BCUT2D eigenvalue weighted by molar-refractivity contribution is 6.13. The third kappa shape index (κ3) is 8.48. The van der Waals surface area contributed by atoms with E-state index in [4.69, 9.17) is 9.47 Å². The van der Waals surface area contributed by atoms with Gasteiger partial charge in [0, 0.05) is 60.9 Å². The molecule has 7 rings (SSSR count). The highest BCUT2D eigenvalue weighted by atomic mass is 16.5. The molecular formula is C43H39N7O6. The van der Waals surface area contributed by atoms with E-state index in [1.807, 2.05) is 54.5 Å². The number of amides is 2. The maximum absolute atomic E-state index is 13.6. The summed E-state index contributed by atoms with van der Waals surface area (Å²) in [5.41, 5.74) is 5.32. The van der Waals surface area contributed by atoms with Crippen molar-refractivity contribution in [3.63, 3.8) is 0 Å². The van der Waals surface area contributed by atoms with Crippen LogP contribution in [0.15, 0.2) is 120 Å². The van der Waals surface area contributed by atoms with Gasteiger partial charge >= 0.3 is 5.97 Å². The number of fused-ring (bicyclic) bond motifs is 2. The highest BCUT2D eigenvalue weighted by Crippen LogP contribution is 2.23. The average molecular weight is 750 g/mol. The molecule has 0 aliphatic heterocycles. The van der Waals surface area contributed by atoms with E-state index in [1.54, 1.807) is 37.6 Å². The number of H-pyrrole nitrogens is 1. The van der Waals surface area contributed by atoms with Gasteiger partial charge in [0.05, 0.1) is 48.9 Å². The van der Waals surface area contributed by atoms with Crippen molar-refractivity contribution < 1.29 is 23.9 Å². The number of pyridine rings is 2. The number of hydrogen-bond acceptors (Lipinski definition) is 9. The van der Waals surface area contributed by atoms with E-state index in [1.165, 1.54) is 36.9 Å². The van der Waals surface area contributed by atoms with Gasteiger partial charge in [-0.25, -0.2) is 4.79 Å². The standard InChI is InChI=1S/C43H39N7O6/c1-49-39-15-10-28(18-31(39)23-45-49)25-50(26-29-19-33(55-2)24-44-22-29)17-16-27-8-12-32(13-9-27)46-41(52)35-14-11-30(43(54)56-3)20-37(35)48-42(53)38-21-40(51)34-6-4-5-7-36(34)47-38/h4-15,18-24H,16-17,25-26H2,1-3H3,(H,46,52)(H,47,51)(H,48,53). The van der Waals surface area contributed by atoms with Crippen molar-refractivity contribution in [2.75, 3.05) is 31.4 Å². The number of aryl methyl sites for hydroxylation is 1. The zero-order chi connectivity index (χ0) is 39.2. The van der Waals surface area contributed by atoms with E-state index in [0.717, 1.165) is 35.0 Å². The molecule has 3 aromatic heterocycles. The maximum atomic E-state index is 13.6. The van der Waals surface area contributed by atoms with Crippen LogP contribution in [0, 0.1) is 0 Å². The van der Waals surface area contributed by atoms with Gasteiger partial charge in [-0.05, 0) is 83.8 Å². The molecule has 0 spiro atoms. The monoisotopic (exact) mass is 749 g/mol. The predicted molar refractivity (Wildman–Crippen MR) is 214 cm³/mol. The second-order valence-corrected chi connectivity index (χ2v) is 13.3. The molecule has 282 valence electrons. The minimum Gasteiger partial charge on any atom is -0.495 e. The smallest absolute Gasteiger partial charge is 0.337 e. The van der Waals surface area contributed by atoms with E-state index in [-0.39, 0.29) is 27.9 Å². The van der Waals surface area contributed by atoms with Crippen LogP contribution >= 0.6 is 0 Å². The number of rotatable bonds is 13. The summed E-state index contributed by atoms with van der Waals surface area (Å²) in [6.07, 6.45) is 6.15. The fourth-order valence-corrected chi connectivity index (χ4v) is 6.54. The summed E-state index contributed by atoms with van der Waals surface area (Å²) < 4.78 is 12.1. The van der Waals surface area contributed by atoms with Gasteiger partial charge in [0.1, 0.15) is 11.4 Å². The number of nitrogens with one attached hydrogen (secondary N) is 3. The van der Waals surface area contributed by atoms with Crippen molar-refractivity contribution in [1.29, 1.82) is 0 Å². The fraction of sp³-hybridized carbons (Fsp3) is 0.163. The molecule has 3 N–H and O–H groups in total. The van der Waals surface area contributed by atoms with E-state index < -0.39 is 17.8 Å². The molecule has 0 atom stereocenters. The van der Waals surface area contributed by atoms with Crippen molar-refractivity contribution in [3.8, 4) is 5.75 Å². The molecule has 7 aromatic rings. The van der Waals surface area contributed by atoms with Gasteiger partial charge in [-0.3, -0.25) is 28.9 Å². The Morgan fingerprint density at radius 2 is 1.59 bits per heavy atom. The second-order valence-electron chi connectivity index (χ2n) is 13.3. The van der Waals surface area contributed by atoms with Gasteiger partial charge in [-0.2, -0.15) is 5.10 Å². The van der Waals surface area contributed by atoms with Crippen molar-refractivity contribution in [3.05, 3.63) is 159 Å². The minimum absolute atomic E-state index is 0.00703. The molecule has 0 fully saturated rings. The first-order valence-corrected chi connectivity index (χ1v) is 17.8. The molecular weight excluding hydrogens is 711 g/mol. The molecule has 13 heteroatoms. The van der Waals surface area contributed by atoms with Crippen LogP contribution in [0.5, 0.6) is 5.75 Å². The minimum atomic E-state index is -0.664. The molecule has 0 aliphatic carbocycles. The fourth-order valence-electron chi connectivity index (χ4n) is 6.54. The number of benzene rings is 4. The van der Waals surface area contributed by atoms with Crippen LogP contribution in [0.25, 0.3) is 21.8 Å². The van der Waals surface area contributed by atoms with Gasteiger partial charge in [0.15, 0.2) is 5.43 Å². The third-order valence-electron chi connectivity index (χ3n) is 9.47. The summed E-state index contributed by atoms with van der Waals surface area (Å²) in [6.45, 7) is 2.11. The summed E-state index contributed by atoms with van der Waals surface area (Å²) in [4.78, 5) is 61.8. The zero-order valence-electron chi connectivity index (χ0n) is 31.0. The van der Waals surface area contributed by atoms with Crippen molar-refractivity contribution in [2.24, 2.45) is 7.05 Å². The van der Waals surface area contributed by atoms with E-state index in [2.05, 4.69) is 48.8 Å². The Bertz CT molecular complexity index is 2630. The van der Waals surface area contributed by atoms with Crippen LogP contribution in [-0.4, -0.2) is 63.2 Å². The lowest BCUT2D eigenvalue weighted by molar-refractivity contribution is 0.0600. The number of anilines is 2. The normalized spacial score (nSPS) is 11.1. The van der Waals surface area contributed by atoms with Gasteiger partial charge in [-0.15, -0.1) is 0 Å². The predicted octanol–water partition coefficient (Wildman–Crippen LogP) is 6.35. The molecule has 2 amide bonds. The summed E-state index contributed by atoms with van der Waals surface area (Å²) in [5.74, 6) is -1.12. The lowest BCUT2D eigenvalue weighted by Crippen LogP contribution is -2.25. The van der Waals surface area contributed by atoms with Crippen molar-refractivity contribution >= 4 is 51.0 Å². The molecule has 0 saturated heterocycles. The Morgan fingerprint density at radius 3 is 2.39 bits per heavy atom. The van der Waals surface area contributed by atoms with Crippen LogP contribution in [0.4, 0.5) is 11.4 Å². The Hall–Kier alpha value is -7.12. The average Bonchev–Trinajstić information content (AvgIpc) is 3.59. The number of nitrogens with zero attached hydrogens (tertiary/aromatic N) is 4. The molecule has 3 heterocycles. The number of esters is 1. The number of carbonyl (C=O) groups is 3. The SMILES string of the molecule is COC(=O)c1ccc(C(=O)Nc2ccc(CCN(Cc3cncc(OC)c3)Cc3ccc4c(cnn4C)c3)cc2)c(NC(=O)c2cc(=O)c3ccccc3[nH]2)c1. The van der Waals surface area contributed by atoms with E-state index in [0.29, 0.717) is 35.4 Å². The number of aromatic nitrogens is 4. The molecule has 0 unspecified atom stereocenters. The lowest BCUT2D eigenvalue weighted by atomic mass is 10.1. The molecule has 0 radical (unpaired) electrons. The Kier molecular flexibility index (Phi) is 11.0. The van der Waals surface area contributed by atoms with Crippen LogP contribution < -0.4 is 20.8 Å². The molecule has 13 nitrogen and oxygen atoms in total. The highest BCUT2D eigenvalue weighted by Gasteiger charge is 2.19. The van der Waals surface area contributed by atoms with Gasteiger partial charge in [0.25, 0.3) is 11.8 Å². The molecule has 0 saturated carbocycles. The lowest BCUT2D eigenvalue weighted by Gasteiger charge is -2.23. The number of para-hydroxylation sites is 1. The first-order valence-electron chi connectivity index (χ1n) is 17.8. The number of ether oxygens (including phenoxy) is 2. The number of aromatic amines is 1. The van der Waals surface area contributed by atoms with Gasteiger partial charge < -0.3 is 25.1 Å². The van der Waals surface area contributed by atoms with Crippen molar-refractivity contribution in [2.45, 2.75) is 19.5 Å². The third-order valence-corrected chi connectivity index (χ3v) is 9.47. The largest absolute Gasteiger partial charge is 0.495 e. The van der Waals surface area contributed by atoms with Crippen molar-refractivity contribution in [1.82, 2.24) is 24.6 Å². The van der Waals surface area contributed by atoms with E-state index in [9.17, 15) is 19.2 Å². The summed E-state index contributed by atoms with van der Waals surface area (Å²) in [7, 11) is 4.80. The quantitative estimate of drug-likeness (QED) is 0.114. The molecule has 0 aliphatic rings. The Morgan fingerprint density at radius 1 is 0.804 bits per heavy atom. The first kappa shape index (κ1) is 37.2. The first-order chi connectivity index (χ1) is 27.2. The summed E-state index contributed by atoms with van der Waals surface area (Å²) >= 11 is 0. The van der Waals surface area contributed by atoms with Crippen LogP contribution in [-0.2, 0) is 31.3 Å². The van der Waals surface area contributed by atoms with Gasteiger partial charge in [0.2, 0.25) is 0 Å². The molecule has 0 bridgehead atoms. The van der Waals surface area contributed by atoms with E-state index >= 15 is 0 Å². The number of hydrogen-bond donors (Lipinski definition) is 3. The van der Waals surface area contributed by atoms with Gasteiger partial charge in [-0.1, -0.05) is 30.3 Å². The molecule has 4 aromatic carbocycles. The maximum Gasteiger partial charge on any atom is 0.337 e. The number of carbonyl (C=O) groups excluding carboxylic acids is 3. The van der Waals surface area contributed by atoms with Crippen LogP contribution in [0.3, 0.4) is 0 Å². The Labute approximate surface area is 321 Å². The number of methoxy groups -OCH3 is 2. The second kappa shape index (κ2) is 16.5. The Balaban J connectivity index is 1.06. The zero-order valence-corrected chi connectivity index (χ0v) is 31.0. The molecule has 56 heavy (non-hydrogen) atoms. The summed E-state index contributed by atoms with van der Waals surface area (Å²) in [6, 6.07) is 28.2. The van der Waals surface area contributed by atoms with Crippen LogP contribution in [0.2, 0.25) is 0 Å².